The van der Waals surface area contributed by atoms with Gasteiger partial charge in [-0.25, -0.2) is 0 Å². The Morgan fingerprint density at radius 1 is 1.30 bits per heavy atom. The van der Waals surface area contributed by atoms with Crippen LogP contribution in [0.25, 0.3) is 10.9 Å². The Kier molecular flexibility index (Phi) is 5.09. The molecule has 1 fully saturated rings. The van der Waals surface area contributed by atoms with E-state index in [1.165, 1.54) is 6.07 Å². The van der Waals surface area contributed by atoms with Crippen LogP contribution in [0.15, 0.2) is 33.5 Å². The molecule has 122 valence electrons. The van der Waals surface area contributed by atoms with Crippen molar-refractivity contribution >= 4 is 32.7 Å². The fraction of sp³-hybridized carbons (Fsp3) is 0.375. The van der Waals surface area contributed by atoms with E-state index in [2.05, 4.69) is 36.4 Å². The molecule has 1 aromatic heterocycles. The van der Waals surface area contributed by atoms with Gasteiger partial charge >= 0.3 is 0 Å². The van der Waals surface area contributed by atoms with E-state index in [9.17, 15) is 9.59 Å². The zero-order valence-corrected chi connectivity index (χ0v) is 14.3. The average molecular weight is 379 g/mol. The van der Waals surface area contributed by atoms with Crippen LogP contribution < -0.4 is 16.2 Å². The zero-order chi connectivity index (χ0) is 16.2. The first-order valence-corrected chi connectivity index (χ1v) is 8.47. The molecule has 3 rings (SSSR count). The van der Waals surface area contributed by atoms with E-state index < -0.39 is 0 Å². The van der Waals surface area contributed by atoms with Gasteiger partial charge in [0.15, 0.2) is 0 Å². The molecule has 0 bridgehead atoms. The summed E-state index contributed by atoms with van der Waals surface area (Å²) in [7, 11) is 0. The van der Waals surface area contributed by atoms with Gasteiger partial charge in [0, 0.05) is 55.2 Å². The van der Waals surface area contributed by atoms with Crippen LogP contribution in [0.3, 0.4) is 0 Å². The SMILES string of the molecule is O=C(NCCN1CCNCC1)c1cc(=O)[nH]c2c(Br)cccc12. The lowest BCUT2D eigenvalue weighted by molar-refractivity contribution is 0.0948. The van der Waals surface area contributed by atoms with E-state index in [1.807, 2.05) is 18.2 Å². The number of aromatic amines is 1. The number of carbonyl (C=O) groups is 1. The summed E-state index contributed by atoms with van der Waals surface area (Å²) in [5, 5.41) is 6.95. The van der Waals surface area contributed by atoms with Crippen LogP contribution in [-0.4, -0.2) is 55.1 Å². The third-order valence-electron chi connectivity index (χ3n) is 4.00. The highest BCUT2D eigenvalue weighted by Crippen LogP contribution is 2.23. The van der Waals surface area contributed by atoms with Gasteiger partial charge < -0.3 is 15.6 Å². The minimum atomic E-state index is -0.281. The quantitative estimate of drug-likeness (QED) is 0.739. The molecule has 0 radical (unpaired) electrons. The van der Waals surface area contributed by atoms with E-state index in [-0.39, 0.29) is 11.5 Å². The van der Waals surface area contributed by atoms with Crippen molar-refractivity contribution < 1.29 is 4.79 Å². The molecule has 1 amide bonds. The lowest BCUT2D eigenvalue weighted by Crippen LogP contribution is -2.46. The van der Waals surface area contributed by atoms with E-state index in [1.54, 1.807) is 0 Å². The molecule has 0 atom stereocenters. The molecule has 2 aromatic rings. The molecular weight excluding hydrogens is 360 g/mol. The second-order valence-corrected chi connectivity index (χ2v) is 6.41. The molecule has 0 saturated carbocycles. The van der Waals surface area contributed by atoms with Gasteiger partial charge in [0.1, 0.15) is 0 Å². The van der Waals surface area contributed by atoms with Gasteiger partial charge in [-0.05, 0) is 22.0 Å². The molecule has 3 N–H and O–H groups in total. The molecule has 23 heavy (non-hydrogen) atoms. The molecular formula is C16H19BrN4O2. The van der Waals surface area contributed by atoms with Gasteiger partial charge in [0.2, 0.25) is 5.56 Å². The number of nitrogens with zero attached hydrogens (tertiary/aromatic N) is 1. The molecule has 1 aliphatic rings. The van der Waals surface area contributed by atoms with E-state index in [4.69, 9.17) is 0 Å². The molecule has 7 heteroatoms. The van der Waals surface area contributed by atoms with E-state index in [0.717, 1.165) is 42.6 Å². The van der Waals surface area contributed by atoms with Gasteiger partial charge in [-0.3, -0.25) is 14.5 Å². The Bertz CT molecular complexity index is 768. The maximum absolute atomic E-state index is 12.5. The summed E-state index contributed by atoms with van der Waals surface area (Å²) in [4.78, 5) is 29.3. The number of benzene rings is 1. The second kappa shape index (κ2) is 7.25. The summed E-state index contributed by atoms with van der Waals surface area (Å²) in [5.74, 6) is -0.214. The number of halogens is 1. The molecule has 0 spiro atoms. The number of pyridine rings is 1. The normalized spacial score (nSPS) is 15.7. The summed E-state index contributed by atoms with van der Waals surface area (Å²) in [6.07, 6.45) is 0. The van der Waals surface area contributed by atoms with E-state index >= 15 is 0 Å². The Labute approximate surface area is 142 Å². The Hall–Kier alpha value is -1.70. The summed E-state index contributed by atoms with van der Waals surface area (Å²) in [6.45, 7) is 5.36. The van der Waals surface area contributed by atoms with Crippen LogP contribution in [0.4, 0.5) is 0 Å². The smallest absolute Gasteiger partial charge is 0.252 e. The van der Waals surface area contributed by atoms with Crippen molar-refractivity contribution in [3.8, 4) is 0 Å². The van der Waals surface area contributed by atoms with Crippen molar-refractivity contribution in [2.45, 2.75) is 0 Å². The standard InChI is InChI=1S/C16H19BrN4O2/c17-13-3-1-2-11-12(10-14(22)20-15(11)13)16(23)19-6-9-21-7-4-18-5-8-21/h1-3,10,18H,4-9H2,(H,19,23)(H,20,22). The number of nitrogens with one attached hydrogen (secondary N) is 3. The number of hydrogen-bond acceptors (Lipinski definition) is 4. The summed E-state index contributed by atoms with van der Waals surface area (Å²) < 4.78 is 0.766. The number of rotatable bonds is 4. The number of hydrogen-bond donors (Lipinski definition) is 3. The van der Waals surface area contributed by atoms with Gasteiger partial charge in [0.05, 0.1) is 11.1 Å². The zero-order valence-electron chi connectivity index (χ0n) is 12.7. The molecule has 0 aliphatic carbocycles. The van der Waals surface area contributed by atoms with Crippen molar-refractivity contribution in [1.29, 1.82) is 0 Å². The Morgan fingerprint density at radius 2 is 2.09 bits per heavy atom. The van der Waals surface area contributed by atoms with Crippen LogP contribution in [0.5, 0.6) is 0 Å². The van der Waals surface area contributed by atoms with Crippen molar-refractivity contribution in [1.82, 2.24) is 20.5 Å². The first kappa shape index (κ1) is 16.2. The molecule has 0 unspecified atom stereocenters. The van der Waals surface area contributed by atoms with Crippen molar-refractivity contribution in [3.63, 3.8) is 0 Å². The number of H-pyrrole nitrogens is 1. The van der Waals surface area contributed by atoms with E-state index in [0.29, 0.717) is 17.6 Å². The van der Waals surface area contributed by atoms with Crippen LogP contribution in [0, 0.1) is 0 Å². The Balaban J connectivity index is 1.73. The van der Waals surface area contributed by atoms with Crippen molar-refractivity contribution in [2.75, 3.05) is 39.3 Å². The van der Waals surface area contributed by atoms with Crippen LogP contribution in [0.2, 0.25) is 0 Å². The number of fused-ring (bicyclic) bond motifs is 1. The second-order valence-electron chi connectivity index (χ2n) is 5.56. The minimum absolute atomic E-state index is 0.214. The molecule has 1 saturated heterocycles. The largest absolute Gasteiger partial charge is 0.351 e. The third-order valence-corrected chi connectivity index (χ3v) is 4.66. The highest BCUT2D eigenvalue weighted by Gasteiger charge is 2.14. The minimum Gasteiger partial charge on any atom is -0.351 e. The van der Waals surface area contributed by atoms with Gasteiger partial charge in [-0.1, -0.05) is 12.1 Å². The third kappa shape index (κ3) is 3.80. The molecule has 6 nitrogen and oxygen atoms in total. The van der Waals surface area contributed by atoms with Crippen molar-refractivity contribution in [3.05, 3.63) is 44.7 Å². The van der Waals surface area contributed by atoms with Crippen LogP contribution in [-0.2, 0) is 0 Å². The number of piperazine rings is 1. The number of amides is 1. The maximum Gasteiger partial charge on any atom is 0.252 e. The summed E-state index contributed by atoms with van der Waals surface area (Å²) in [5.41, 5.74) is 0.772. The fourth-order valence-corrected chi connectivity index (χ4v) is 3.25. The topological polar surface area (TPSA) is 77.2 Å². The van der Waals surface area contributed by atoms with Crippen LogP contribution in [0.1, 0.15) is 10.4 Å². The maximum atomic E-state index is 12.5. The molecule has 1 aromatic carbocycles. The van der Waals surface area contributed by atoms with Crippen LogP contribution >= 0.6 is 15.9 Å². The Morgan fingerprint density at radius 3 is 2.87 bits per heavy atom. The average Bonchev–Trinajstić information content (AvgIpc) is 2.56. The highest BCUT2D eigenvalue weighted by molar-refractivity contribution is 9.10. The van der Waals surface area contributed by atoms with Gasteiger partial charge in [-0.15, -0.1) is 0 Å². The monoisotopic (exact) mass is 378 g/mol. The predicted octanol–water partition coefficient (Wildman–Crippen LogP) is 0.926. The first-order chi connectivity index (χ1) is 11.1. The lowest BCUT2D eigenvalue weighted by Gasteiger charge is -2.27. The fourth-order valence-electron chi connectivity index (χ4n) is 2.79. The summed E-state index contributed by atoms with van der Waals surface area (Å²) in [6, 6.07) is 6.88. The lowest BCUT2D eigenvalue weighted by atomic mass is 10.1. The van der Waals surface area contributed by atoms with Gasteiger partial charge in [-0.2, -0.15) is 0 Å². The molecule has 2 heterocycles. The highest BCUT2D eigenvalue weighted by atomic mass is 79.9. The number of aromatic nitrogens is 1. The molecule has 1 aliphatic heterocycles. The summed E-state index contributed by atoms with van der Waals surface area (Å²) >= 11 is 3.40. The predicted molar refractivity (Wildman–Crippen MR) is 93.9 cm³/mol. The first-order valence-electron chi connectivity index (χ1n) is 7.68. The van der Waals surface area contributed by atoms with Gasteiger partial charge in [0.25, 0.3) is 5.91 Å². The number of para-hydroxylation sites is 1. The number of carbonyl (C=O) groups excluding carboxylic acids is 1. The van der Waals surface area contributed by atoms with Crippen molar-refractivity contribution in [2.24, 2.45) is 0 Å².